The molecule has 0 radical (unpaired) electrons. The molecule has 4 aromatic rings. The smallest absolute Gasteiger partial charge is 0.326 e. The molecule has 25 heavy (non-hydrogen) atoms. The molecule has 6 heteroatoms. The van der Waals surface area contributed by atoms with E-state index in [-0.39, 0.29) is 11.7 Å². The number of imidazole rings is 1. The van der Waals surface area contributed by atoms with Crippen molar-refractivity contribution >= 4 is 11.0 Å². The molecule has 0 spiro atoms. The summed E-state index contributed by atoms with van der Waals surface area (Å²) in [5.74, 6) is 0.971. The molecule has 0 atom stereocenters. The van der Waals surface area contributed by atoms with E-state index in [0.29, 0.717) is 11.7 Å². The Kier molecular flexibility index (Phi) is 3.53. The minimum Gasteiger partial charge on any atom is -0.334 e. The van der Waals surface area contributed by atoms with Crippen LogP contribution >= 0.6 is 0 Å². The van der Waals surface area contributed by atoms with E-state index >= 15 is 0 Å². The number of rotatable bonds is 3. The summed E-state index contributed by atoms with van der Waals surface area (Å²) in [6, 6.07) is 13.7. The van der Waals surface area contributed by atoms with Gasteiger partial charge in [0.05, 0.1) is 11.0 Å². The van der Waals surface area contributed by atoms with Crippen molar-refractivity contribution in [2.75, 3.05) is 0 Å². The highest BCUT2D eigenvalue weighted by molar-refractivity contribution is 5.81. The topological polar surface area (TPSA) is 76.7 Å². The lowest BCUT2D eigenvalue weighted by atomic mass is 10.1. The standard InChI is InChI=1S/C19H18N4O2/c1-11(2)23-16-9-8-14(10-15(16)20-19(23)24)17-21-18(25-22-17)13-6-4-12(3)5-7-13/h4-11H,1-3H3,(H,20,24). The predicted octanol–water partition coefficient (Wildman–Crippen LogP) is 3.94. The van der Waals surface area contributed by atoms with Crippen molar-refractivity contribution in [3.63, 3.8) is 0 Å². The van der Waals surface area contributed by atoms with Crippen molar-refractivity contribution < 1.29 is 4.52 Å². The summed E-state index contributed by atoms with van der Waals surface area (Å²) in [6.07, 6.45) is 0. The van der Waals surface area contributed by atoms with E-state index in [0.717, 1.165) is 22.2 Å². The summed E-state index contributed by atoms with van der Waals surface area (Å²) in [6.45, 7) is 5.99. The first kappa shape index (κ1) is 15.4. The Bertz CT molecular complexity index is 1100. The number of H-pyrrole nitrogens is 1. The third-order valence-electron chi connectivity index (χ3n) is 4.22. The quantitative estimate of drug-likeness (QED) is 0.616. The Morgan fingerprint density at radius 3 is 2.52 bits per heavy atom. The Morgan fingerprint density at radius 1 is 1.08 bits per heavy atom. The van der Waals surface area contributed by atoms with E-state index in [9.17, 15) is 4.79 Å². The van der Waals surface area contributed by atoms with Crippen molar-refractivity contribution in [3.05, 3.63) is 58.5 Å². The van der Waals surface area contributed by atoms with Gasteiger partial charge in [-0.05, 0) is 51.1 Å². The van der Waals surface area contributed by atoms with Gasteiger partial charge in [-0.25, -0.2) is 4.79 Å². The predicted molar refractivity (Wildman–Crippen MR) is 96.4 cm³/mol. The highest BCUT2D eigenvalue weighted by Crippen LogP contribution is 2.25. The summed E-state index contributed by atoms with van der Waals surface area (Å²) in [5, 5.41) is 4.07. The first-order valence-corrected chi connectivity index (χ1v) is 8.18. The molecule has 0 aliphatic carbocycles. The van der Waals surface area contributed by atoms with Crippen LogP contribution in [0.3, 0.4) is 0 Å². The average molecular weight is 334 g/mol. The van der Waals surface area contributed by atoms with E-state index in [1.165, 1.54) is 5.56 Å². The fraction of sp³-hybridized carbons (Fsp3) is 0.211. The van der Waals surface area contributed by atoms with Crippen molar-refractivity contribution in [1.29, 1.82) is 0 Å². The molecule has 0 aliphatic rings. The summed E-state index contributed by atoms with van der Waals surface area (Å²) in [5.41, 5.74) is 4.36. The maximum atomic E-state index is 12.1. The minimum absolute atomic E-state index is 0.0883. The first-order valence-electron chi connectivity index (χ1n) is 8.18. The molecule has 6 nitrogen and oxygen atoms in total. The van der Waals surface area contributed by atoms with Gasteiger partial charge in [-0.2, -0.15) is 4.98 Å². The van der Waals surface area contributed by atoms with Gasteiger partial charge in [-0.15, -0.1) is 0 Å². The number of hydrogen-bond donors (Lipinski definition) is 1. The van der Waals surface area contributed by atoms with Crippen LogP contribution < -0.4 is 5.69 Å². The third-order valence-corrected chi connectivity index (χ3v) is 4.22. The SMILES string of the molecule is Cc1ccc(-c2nc(-c3ccc4c(c3)[nH]c(=O)n4C(C)C)no2)cc1. The highest BCUT2D eigenvalue weighted by atomic mass is 16.5. The molecule has 0 aliphatic heterocycles. The van der Waals surface area contributed by atoms with Gasteiger partial charge in [0.2, 0.25) is 5.82 Å². The third kappa shape index (κ3) is 2.65. The maximum Gasteiger partial charge on any atom is 0.326 e. The van der Waals surface area contributed by atoms with Crippen LogP contribution in [0.1, 0.15) is 25.5 Å². The van der Waals surface area contributed by atoms with Crippen molar-refractivity contribution in [2.45, 2.75) is 26.8 Å². The fourth-order valence-corrected chi connectivity index (χ4v) is 2.94. The molecule has 2 heterocycles. The summed E-state index contributed by atoms with van der Waals surface area (Å²) < 4.78 is 7.12. The Hall–Kier alpha value is -3.15. The van der Waals surface area contributed by atoms with E-state index in [1.807, 2.05) is 63.2 Å². The van der Waals surface area contributed by atoms with E-state index < -0.39 is 0 Å². The van der Waals surface area contributed by atoms with Crippen molar-refractivity contribution in [2.24, 2.45) is 0 Å². The van der Waals surface area contributed by atoms with Crippen molar-refractivity contribution in [1.82, 2.24) is 19.7 Å². The molecule has 0 fully saturated rings. The summed E-state index contributed by atoms with van der Waals surface area (Å²) >= 11 is 0. The zero-order valence-corrected chi connectivity index (χ0v) is 14.3. The normalized spacial score (nSPS) is 11.5. The molecular weight excluding hydrogens is 316 g/mol. The second-order valence-corrected chi connectivity index (χ2v) is 6.41. The molecule has 0 bridgehead atoms. The summed E-state index contributed by atoms with van der Waals surface area (Å²) in [4.78, 5) is 19.5. The van der Waals surface area contributed by atoms with Crippen LogP contribution in [0.15, 0.2) is 51.8 Å². The Balaban J connectivity index is 1.75. The monoisotopic (exact) mass is 334 g/mol. The van der Waals surface area contributed by atoms with E-state index in [2.05, 4.69) is 15.1 Å². The molecule has 4 rings (SSSR count). The lowest BCUT2D eigenvalue weighted by Crippen LogP contribution is -2.18. The minimum atomic E-state index is -0.115. The van der Waals surface area contributed by atoms with Gasteiger partial charge < -0.3 is 9.51 Å². The Morgan fingerprint density at radius 2 is 1.80 bits per heavy atom. The van der Waals surface area contributed by atoms with Crippen LogP contribution in [-0.4, -0.2) is 19.7 Å². The second-order valence-electron chi connectivity index (χ2n) is 6.41. The van der Waals surface area contributed by atoms with Crippen LogP contribution in [0.2, 0.25) is 0 Å². The number of fused-ring (bicyclic) bond motifs is 1. The van der Waals surface area contributed by atoms with Gasteiger partial charge in [-0.1, -0.05) is 22.9 Å². The van der Waals surface area contributed by atoms with Gasteiger partial charge >= 0.3 is 5.69 Å². The van der Waals surface area contributed by atoms with E-state index in [4.69, 9.17) is 4.52 Å². The van der Waals surface area contributed by atoms with Gasteiger partial charge in [0.15, 0.2) is 0 Å². The number of benzene rings is 2. The molecule has 0 amide bonds. The van der Waals surface area contributed by atoms with Crippen LogP contribution in [0.5, 0.6) is 0 Å². The maximum absolute atomic E-state index is 12.1. The second kappa shape index (κ2) is 5.73. The molecule has 1 N–H and O–H groups in total. The molecule has 126 valence electrons. The number of hydrogen-bond acceptors (Lipinski definition) is 4. The van der Waals surface area contributed by atoms with Gasteiger partial charge in [-0.3, -0.25) is 4.57 Å². The number of nitrogens with zero attached hydrogens (tertiary/aromatic N) is 3. The van der Waals surface area contributed by atoms with Crippen LogP contribution in [0.4, 0.5) is 0 Å². The van der Waals surface area contributed by atoms with Crippen LogP contribution in [0.25, 0.3) is 33.9 Å². The van der Waals surface area contributed by atoms with E-state index in [1.54, 1.807) is 4.57 Å². The molecular formula is C19H18N4O2. The molecule has 0 saturated carbocycles. The molecule has 2 aromatic heterocycles. The first-order chi connectivity index (χ1) is 12.0. The number of aryl methyl sites for hydroxylation is 1. The zero-order chi connectivity index (χ0) is 17.6. The number of nitrogens with one attached hydrogen (secondary N) is 1. The lowest BCUT2D eigenvalue weighted by Gasteiger charge is -2.06. The van der Waals surface area contributed by atoms with Gasteiger partial charge in [0, 0.05) is 17.2 Å². The van der Waals surface area contributed by atoms with Crippen LogP contribution in [-0.2, 0) is 0 Å². The zero-order valence-electron chi connectivity index (χ0n) is 14.3. The number of aromatic amines is 1. The fourth-order valence-electron chi connectivity index (χ4n) is 2.94. The molecule has 0 saturated heterocycles. The average Bonchev–Trinajstić information content (AvgIpc) is 3.18. The molecule has 0 unspecified atom stereocenters. The van der Waals surface area contributed by atoms with Crippen LogP contribution in [0, 0.1) is 6.92 Å². The number of aromatic nitrogens is 4. The molecule has 2 aromatic carbocycles. The lowest BCUT2D eigenvalue weighted by molar-refractivity contribution is 0.432. The Labute approximate surface area is 144 Å². The highest BCUT2D eigenvalue weighted by Gasteiger charge is 2.14. The largest absolute Gasteiger partial charge is 0.334 e. The van der Waals surface area contributed by atoms with Gasteiger partial charge in [0.1, 0.15) is 0 Å². The summed E-state index contributed by atoms with van der Waals surface area (Å²) in [7, 11) is 0. The van der Waals surface area contributed by atoms with Gasteiger partial charge in [0.25, 0.3) is 5.89 Å². The van der Waals surface area contributed by atoms with Crippen molar-refractivity contribution in [3.8, 4) is 22.8 Å².